The summed E-state index contributed by atoms with van der Waals surface area (Å²) in [5.74, 6) is 1.11. The van der Waals surface area contributed by atoms with Crippen LogP contribution in [0.3, 0.4) is 0 Å². The van der Waals surface area contributed by atoms with Crippen LogP contribution < -0.4 is 0 Å². The van der Waals surface area contributed by atoms with E-state index in [4.69, 9.17) is 0 Å². The fourth-order valence-electron chi connectivity index (χ4n) is 2.50. The van der Waals surface area contributed by atoms with Crippen LogP contribution in [0, 0.1) is 17.3 Å². The van der Waals surface area contributed by atoms with E-state index in [-0.39, 0.29) is 11.3 Å². The van der Waals surface area contributed by atoms with Crippen LogP contribution in [-0.2, 0) is 4.79 Å². The van der Waals surface area contributed by atoms with Gasteiger partial charge in [0.05, 0.1) is 0 Å². The molecule has 0 bridgehead atoms. The van der Waals surface area contributed by atoms with E-state index < -0.39 is 0 Å². The first-order valence-corrected chi connectivity index (χ1v) is 4.99. The molecule has 0 saturated carbocycles. The minimum Gasteiger partial charge on any atom is -0.295 e. The van der Waals surface area contributed by atoms with Gasteiger partial charge in [-0.05, 0) is 30.3 Å². The fraction of sp³-hybridized carbons (Fsp3) is 0.583. The highest BCUT2D eigenvalue weighted by Crippen LogP contribution is 2.43. The van der Waals surface area contributed by atoms with Crippen molar-refractivity contribution in [3.05, 3.63) is 24.3 Å². The van der Waals surface area contributed by atoms with Crippen molar-refractivity contribution in [1.82, 2.24) is 0 Å². The molecule has 0 radical (unpaired) electrons. The van der Waals surface area contributed by atoms with Crippen molar-refractivity contribution in [2.45, 2.75) is 26.7 Å². The van der Waals surface area contributed by atoms with E-state index in [1.165, 1.54) is 0 Å². The molecule has 70 valence electrons. The molecule has 0 aromatic heterocycles. The Morgan fingerprint density at radius 2 is 2.00 bits per heavy atom. The van der Waals surface area contributed by atoms with Gasteiger partial charge in [-0.2, -0.15) is 0 Å². The van der Waals surface area contributed by atoms with E-state index >= 15 is 0 Å². The molecule has 0 saturated heterocycles. The first-order valence-electron chi connectivity index (χ1n) is 4.99. The van der Waals surface area contributed by atoms with Crippen molar-refractivity contribution in [2.75, 3.05) is 0 Å². The van der Waals surface area contributed by atoms with Crippen molar-refractivity contribution in [1.29, 1.82) is 0 Å². The van der Waals surface area contributed by atoms with Gasteiger partial charge in [0.2, 0.25) is 0 Å². The second-order valence-corrected chi connectivity index (χ2v) is 4.71. The van der Waals surface area contributed by atoms with E-state index in [1.807, 2.05) is 0 Å². The predicted molar refractivity (Wildman–Crippen MR) is 53.3 cm³/mol. The highest BCUT2D eigenvalue weighted by molar-refractivity contribution is 5.93. The molecule has 13 heavy (non-hydrogen) atoms. The molecule has 0 spiro atoms. The summed E-state index contributed by atoms with van der Waals surface area (Å²) < 4.78 is 0. The Hall–Kier alpha value is -0.850. The highest BCUT2D eigenvalue weighted by Gasteiger charge is 2.39. The Kier molecular flexibility index (Phi) is 1.90. The minimum absolute atomic E-state index is 0.198. The van der Waals surface area contributed by atoms with Crippen LogP contribution in [0.25, 0.3) is 0 Å². The lowest BCUT2D eigenvalue weighted by atomic mass is 9.63. The monoisotopic (exact) mass is 176 g/mol. The van der Waals surface area contributed by atoms with Gasteiger partial charge in [0.25, 0.3) is 0 Å². The molecule has 0 fully saturated rings. The van der Waals surface area contributed by atoms with E-state index in [9.17, 15) is 4.79 Å². The molecule has 0 N–H and O–H groups in total. The number of rotatable bonds is 0. The van der Waals surface area contributed by atoms with Gasteiger partial charge in [0.15, 0.2) is 5.78 Å². The summed E-state index contributed by atoms with van der Waals surface area (Å²) in [4.78, 5) is 11.6. The van der Waals surface area contributed by atoms with E-state index in [0.29, 0.717) is 11.7 Å². The number of carbonyl (C=O) groups excluding carboxylic acids is 1. The van der Waals surface area contributed by atoms with Crippen molar-refractivity contribution >= 4 is 5.78 Å². The van der Waals surface area contributed by atoms with Crippen LogP contribution >= 0.6 is 0 Å². The van der Waals surface area contributed by atoms with Crippen LogP contribution in [0.2, 0.25) is 0 Å². The standard InChI is InChI=1S/C12H16O/c1-12(2)8-7-11(13)9-5-3-4-6-10(9)12/h3-4,7-10H,5-6H2,1-2H3/t9-,10-/m0/s1. The quantitative estimate of drug-likeness (QED) is 0.519. The molecule has 0 heterocycles. The van der Waals surface area contributed by atoms with E-state index in [0.717, 1.165) is 12.8 Å². The number of hydrogen-bond donors (Lipinski definition) is 0. The summed E-state index contributed by atoms with van der Waals surface area (Å²) in [6.45, 7) is 4.46. The number of allylic oxidation sites excluding steroid dienone is 4. The first-order chi connectivity index (χ1) is 6.11. The fourth-order valence-corrected chi connectivity index (χ4v) is 2.50. The molecule has 1 nitrogen and oxygen atoms in total. The SMILES string of the molecule is CC1(C)C=CC(=O)[C@H]2CC=CC[C@@H]21. The average Bonchev–Trinajstić information content (AvgIpc) is 2.13. The van der Waals surface area contributed by atoms with Gasteiger partial charge in [0.1, 0.15) is 0 Å². The third kappa shape index (κ3) is 1.37. The lowest BCUT2D eigenvalue weighted by molar-refractivity contribution is -0.122. The summed E-state index contributed by atoms with van der Waals surface area (Å²) in [6.07, 6.45) is 10.2. The maximum absolute atomic E-state index is 11.6. The van der Waals surface area contributed by atoms with Crippen molar-refractivity contribution < 1.29 is 4.79 Å². The summed E-state index contributed by atoms with van der Waals surface area (Å²) >= 11 is 0. The first kappa shape index (κ1) is 8.74. The topological polar surface area (TPSA) is 17.1 Å². The molecule has 0 aliphatic heterocycles. The summed E-state index contributed by atoms with van der Waals surface area (Å²) in [5.41, 5.74) is 0.198. The van der Waals surface area contributed by atoms with E-state index in [2.05, 4.69) is 32.1 Å². The van der Waals surface area contributed by atoms with Crippen molar-refractivity contribution in [2.24, 2.45) is 17.3 Å². The van der Waals surface area contributed by atoms with Gasteiger partial charge in [-0.15, -0.1) is 0 Å². The van der Waals surface area contributed by atoms with Gasteiger partial charge in [0, 0.05) is 5.92 Å². The largest absolute Gasteiger partial charge is 0.295 e. The van der Waals surface area contributed by atoms with E-state index in [1.54, 1.807) is 6.08 Å². The zero-order valence-electron chi connectivity index (χ0n) is 8.29. The maximum atomic E-state index is 11.6. The molecule has 2 aliphatic carbocycles. The second-order valence-electron chi connectivity index (χ2n) is 4.71. The molecule has 0 aromatic carbocycles. The van der Waals surface area contributed by atoms with Gasteiger partial charge < -0.3 is 0 Å². The highest BCUT2D eigenvalue weighted by atomic mass is 16.1. The van der Waals surface area contributed by atoms with Crippen LogP contribution in [0.1, 0.15) is 26.7 Å². The molecular formula is C12H16O. The lowest BCUT2D eigenvalue weighted by Crippen LogP contribution is -2.37. The Balaban J connectivity index is 2.35. The second kappa shape index (κ2) is 2.83. The van der Waals surface area contributed by atoms with Crippen LogP contribution in [0.5, 0.6) is 0 Å². The summed E-state index contributed by atoms with van der Waals surface area (Å²) in [7, 11) is 0. The Bertz CT molecular complexity index is 283. The Labute approximate surface area is 79.5 Å². The zero-order chi connectivity index (χ0) is 9.47. The summed E-state index contributed by atoms with van der Waals surface area (Å²) in [5, 5.41) is 0. The third-order valence-electron chi connectivity index (χ3n) is 3.43. The predicted octanol–water partition coefficient (Wildman–Crippen LogP) is 2.73. The van der Waals surface area contributed by atoms with Gasteiger partial charge >= 0.3 is 0 Å². The molecule has 0 amide bonds. The number of hydrogen-bond acceptors (Lipinski definition) is 1. The molecular weight excluding hydrogens is 160 g/mol. The number of ketones is 1. The third-order valence-corrected chi connectivity index (χ3v) is 3.43. The Morgan fingerprint density at radius 1 is 1.31 bits per heavy atom. The van der Waals surface area contributed by atoms with Gasteiger partial charge in [-0.1, -0.05) is 32.1 Å². The van der Waals surface area contributed by atoms with Crippen LogP contribution in [0.4, 0.5) is 0 Å². The maximum Gasteiger partial charge on any atom is 0.159 e. The smallest absolute Gasteiger partial charge is 0.159 e. The molecule has 0 aromatic rings. The van der Waals surface area contributed by atoms with Crippen LogP contribution in [0.15, 0.2) is 24.3 Å². The Morgan fingerprint density at radius 3 is 2.69 bits per heavy atom. The van der Waals surface area contributed by atoms with Gasteiger partial charge in [-0.3, -0.25) is 4.79 Å². The zero-order valence-corrected chi connectivity index (χ0v) is 8.29. The molecule has 2 aliphatic rings. The number of fused-ring (bicyclic) bond motifs is 1. The number of carbonyl (C=O) groups is 1. The molecule has 1 heteroatoms. The van der Waals surface area contributed by atoms with Crippen molar-refractivity contribution in [3.8, 4) is 0 Å². The van der Waals surface area contributed by atoms with Crippen molar-refractivity contribution in [3.63, 3.8) is 0 Å². The lowest BCUT2D eigenvalue weighted by Gasteiger charge is -2.40. The molecule has 2 rings (SSSR count). The van der Waals surface area contributed by atoms with Crippen LogP contribution in [-0.4, -0.2) is 5.78 Å². The minimum atomic E-state index is 0.198. The normalized spacial score (nSPS) is 36.0. The molecule has 0 unspecified atom stereocenters. The average molecular weight is 176 g/mol. The summed E-state index contributed by atoms with van der Waals surface area (Å²) in [6, 6.07) is 0. The molecule has 2 atom stereocenters. The van der Waals surface area contributed by atoms with Gasteiger partial charge in [-0.25, -0.2) is 0 Å².